The van der Waals surface area contributed by atoms with Crippen molar-refractivity contribution in [1.82, 2.24) is 15.3 Å². The molecule has 2 aromatic heterocycles. The molecular weight excluding hydrogens is 413 g/mol. The van der Waals surface area contributed by atoms with Gasteiger partial charge in [-0.05, 0) is 45.2 Å². The molecule has 4 nitrogen and oxygen atoms in total. The Morgan fingerprint density at radius 1 is 1.17 bits per heavy atom. The van der Waals surface area contributed by atoms with Gasteiger partial charge in [-0.15, -0.1) is 11.3 Å². The number of carbonyl (C=O) groups excluding carboxylic acids is 1. The maximum Gasteiger partial charge on any atom is 0.391 e. The maximum absolute atomic E-state index is 13.8. The summed E-state index contributed by atoms with van der Waals surface area (Å²) in [6.07, 6.45) is -2.64. The van der Waals surface area contributed by atoms with E-state index < -0.39 is 48.7 Å². The summed E-state index contributed by atoms with van der Waals surface area (Å²) in [5.74, 6) is -7.16. The number of aryl methyl sites for hydroxylation is 1. The average molecular weight is 433 g/mol. The van der Waals surface area contributed by atoms with E-state index in [9.17, 15) is 26.7 Å². The fourth-order valence-corrected chi connectivity index (χ4v) is 4.55. The Morgan fingerprint density at radius 3 is 2.45 bits per heavy atom. The highest BCUT2D eigenvalue weighted by molar-refractivity contribution is 7.17. The number of amides is 1. The second-order valence-electron chi connectivity index (χ2n) is 7.44. The van der Waals surface area contributed by atoms with Gasteiger partial charge in [-0.2, -0.15) is 13.2 Å². The highest BCUT2D eigenvalue weighted by Gasteiger charge is 2.50. The quantitative estimate of drug-likeness (QED) is 0.671. The normalized spacial score (nSPS) is 23.1. The van der Waals surface area contributed by atoms with Crippen LogP contribution in [0.5, 0.6) is 0 Å². The second-order valence-corrected chi connectivity index (χ2v) is 8.44. The van der Waals surface area contributed by atoms with Crippen LogP contribution in [0, 0.1) is 18.8 Å². The molecule has 1 amide bonds. The number of rotatable bonds is 4. The monoisotopic (exact) mass is 433 g/mol. The largest absolute Gasteiger partial charge is 0.391 e. The predicted molar refractivity (Wildman–Crippen MR) is 98.8 cm³/mol. The van der Waals surface area contributed by atoms with Crippen molar-refractivity contribution in [3.05, 3.63) is 35.1 Å². The molecule has 2 aromatic rings. The highest BCUT2D eigenvalue weighted by atomic mass is 32.1. The van der Waals surface area contributed by atoms with Gasteiger partial charge in [0.25, 0.3) is 5.91 Å². The van der Waals surface area contributed by atoms with Gasteiger partial charge in [0.2, 0.25) is 5.92 Å². The summed E-state index contributed by atoms with van der Waals surface area (Å²) in [6.45, 7) is 2.25. The van der Waals surface area contributed by atoms with Gasteiger partial charge < -0.3 is 5.32 Å². The minimum Gasteiger partial charge on any atom is -0.349 e. The number of nitrogens with one attached hydrogen (secondary N) is 1. The van der Waals surface area contributed by atoms with Gasteiger partial charge in [-0.25, -0.2) is 13.8 Å². The summed E-state index contributed by atoms with van der Waals surface area (Å²) in [4.78, 5) is 21.2. The zero-order chi connectivity index (χ0) is 21.4. The van der Waals surface area contributed by atoms with Crippen molar-refractivity contribution < 1.29 is 26.7 Å². The van der Waals surface area contributed by atoms with Crippen LogP contribution in [0.15, 0.2) is 24.5 Å². The lowest BCUT2D eigenvalue weighted by Gasteiger charge is -2.38. The minimum absolute atomic E-state index is 0.199. The van der Waals surface area contributed by atoms with Gasteiger partial charge in [0, 0.05) is 29.9 Å². The van der Waals surface area contributed by atoms with E-state index in [4.69, 9.17) is 0 Å². The molecule has 3 unspecified atom stereocenters. The number of hydrogen-bond acceptors (Lipinski definition) is 4. The number of pyridine rings is 1. The van der Waals surface area contributed by atoms with E-state index >= 15 is 0 Å². The second kappa shape index (κ2) is 7.97. The molecule has 1 fully saturated rings. The standard InChI is InChI=1S/C19H20F5N3OS/c1-10-15(29-17(26-10)11-4-3-5-25-9-11)16(28)27-14-7-12(18(2,20)21)6-13(8-14)19(22,23)24/h3-5,9,12-14H,6-8H2,1-2H3,(H,27,28). The molecule has 0 bridgehead atoms. The number of halogens is 5. The predicted octanol–water partition coefficient (Wildman–Crippen LogP) is 5.25. The first-order valence-electron chi connectivity index (χ1n) is 9.08. The third-order valence-electron chi connectivity index (χ3n) is 5.13. The fraction of sp³-hybridized carbons (Fsp3) is 0.526. The van der Waals surface area contributed by atoms with Gasteiger partial charge in [0.15, 0.2) is 0 Å². The Hall–Kier alpha value is -2.10. The summed E-state index contributed by atoms with van der Waals surface area (Å²) in [6, 6.07) is 2.51. The first kappa shape index (κ1) is 21.6. The van der Waals surface area contributed by atoms with Crippen molar-refractivity contribution in [3.8, 4) is 10.6 Å². The van der Waals surface area contributed by atoms with Crippen molar-refractivity contribution >= 4 is 17.2 Å². The molecule has 1 aliphatic carbocycles. The van der Waals surface area contributed by atoms with Gasteiger partial charge in [-0.1, -0.05) is 0 Å². The molecule has 158 valence electrons. The third kappa shape index (κ3) is 5.09. The molecule has 0 aromatic carbocycles. The lowest BCUT2D eigenvalue weighted by Crippen LogP contribution is -2.47. The number of aromatic nitrogens is 2. The van der Waals surface area contributed by atoms with E-state index in [1.165, 1.54) is 0 Å². The first-order chi connectivity index (χ1) is 13.4. The third-order valence-corrected chi connectivity index (χ3v) is 6.34. The van der Waals surface area contributed by atoms with Crippen LogP contribution >= 0.6 is 11.3 Å². The fourth-order valence-electron chi connectivity index (χ4n) is 3.59. The number of thiazole rings is 1. The van der Waals surface area contributed by atoms with Crippen LogP contribution in [0.4, 0.5) is 22.0 Å². The van der Waals surface area contributed by atoms with E-state index in [0.717, 1.165) is 11.3 Å². The van der Waals surface area contributed by atoms with E-state index in [1.807, 2.05) is 0 Å². The molecular formula is C19H20F5N3OS. The van der Waals surface area contributed by atoms with Crippen LogP contribution in [0.25, 0.3) is 10.6 Å². The molecule has 1 saturated carbocycles. The number of hydrogen-bond donors (Lipinski definition) is 1. The molecule has 3 rings (SSSR count). The molecule has 0 saturated heterocycles. The van der Waals surface area contributed by atoms with E-state index in [-0.39, 0.29) is 11.3 Å². The van der Waals surface area contributed by atoms with Crippen LogP contribution in [-0.4, -0.2) is 34.0 Å². The van der Waals surface area contributed by atoms with Crippen LogP contribution < -0.4 is 5.32 Å². The molecule has 0 radical (unpaired) electrons. The highest BCUT2D eigenvalue weighted by Crippen LogP contribution is 2.45. The van der Waals surface area contributed by atoms with Gasteiger partial charge >= 0.3 is 6.18 Å². The summed E-state index contributed by atoms with van der Waals surface area (Å²) in [7, 11) is 0. The Bertz CT molecular complexity index is 841. The minimum atomic E-state index is -4.58. The van der Waals surface area contributed by atoms with Gasteiger partial charge in [0.05, 0.1) is 11.6 Å². The summed E-state index contributed by atoms with van der Waals surface area (Å²) in [5, 5.41) is 3.08. The lowest BCUT2D eigenvalue weighted by molar-refractivity contribution is -0.198. The summed E-state index contributed by atoms with van der Waals surface area (Å²) in [5.41, 5.74) is 1.13. The van der Waals surface area contributed by atoms with E-state index in [1.54, 1.807) is 31.5 Å². The molecule has 3 atom stereocenters. The number of carbonyl (C=O) groups is 1. The number of alkyl halides is 5. The maximum atomic E-state index is 13.8. The molecule has 10 heteroatoms. The molecule has 1 aliphatic rings. The van der Waals surface area contributed by atoms with Crippen LogP contribution in [0.1, 0.15) is 41.6 Å². The van der Waals surface area contributed by atoms with E-state index in [2.05, 4.69) is 15.3 Å². The molecule has 0 aliphatic heterocycles. The topological polar surface area (TPSA) is 54.9 Å². The van der Waals surface area contributed by atoms with Crippen molar-refractivity contribution in [1.29, 1.82) is 0 Å². The SMILES string of the molecule is Cc1nc(-c2cccnc2)sc1C(=O)NC1CC(C(C)(F)F)CC(C(F)(F)F)C1. The van der Waals surface area contributed by atoms with E-state index in [0.29, 0.717) is 23.2 Å². The number of nitrogens with zero attached hydrogens (tertiary/aromatic N) is 2. The van der Waals surface area contributed by atoms with Crippen molar-refractivity contribution in [2.45, 2.75) is 51.3 Å². The Balaban J connectivity index is 1.78. The first-order valence-corrected chi connectivity index (χ1v) is 9.90. The smallest absolute Gasteiger partial charge is 0.349 e. The Morgan fingerprint density at radius 2 is 1.86 bits per heavy atom. The lowest BCUT2D eigenvalue weighted by atomic mass is 9.75. The zero-order valence-corrected chi connectivity index (χ0v) is 16.6. The van der Waals surface area contributed by atoms with Crippen molar-refractivity contribution in [3.63, 3.8) is 0 Å². The molecule has 29 heavy (non-hydrogen) atoms. The summed E-state index contributed by atoms with van der Waals surface area (Å²) >= 11 is 1.09. The van der Waals surface area contributed by atoms with Gasteiger partial charge in [0.1, 0.15) is 9.88 Å². The Kier molecular flexibility index (Phi) is 5.93. The van der Waals surface area contributed by atoms with Crippen LogP contribution in [-0.2, 0) is 0 Å². The Labute approximate surface area is 168 Å². The van der Waals surface area contributed by atoms with Gasteiger partial charge in [-0.3, -0.25) is 9.78 Å². The average Bonchev–Trinajstić information content (AvgIpc) is 3.02. The zero-order valence-electron chi connectivity index (χ0n) is 15.8. The molecule has 0 spiro atoms. The summed E-state index contributed by atoms with van der Waals surface area (Å²) < 4.78 is 67.2. The van der Waals surface area contributed by atoms with Crippen molar-refractivity contribution in [2.24, 2.45) is 11.8 Å². The molecule has 1 N–H and O–H groups in total. The van der Waals surface area contributed by atoms with Crippen LogP contribution in [0.2, 0.25) is 0 Å². The van der Waals surface area contributed by atoms with Crippen LogP contribution in [0.3, 0.4) is 0 Å². The molecule has 2 heterocycles. The van der Waals surface area contributed by atoms with Crippen molar-refractivity contribution in [2.75, 3.05) is 0 Å².